The molecule has 0 aromatic rings. The number of phosphoric ester groups is 1. The van der Waals surface area contributed by atoms with Crippen molar-refractivity contribution in [1.29, 1.82) is 0 Å². The summed E-state index contributed by atoms with van der Waals surface area (Å²) in [7, 11) is -4.42. The van der Waals surface area contributed by atoms with Crippen LogP contribution in [0.1, 0.15) is 194 Å². The Labute approximate surface area is 469 Å². The average Bonchev–Trinajstić information content (AvgIpc) is 3.42. The van der Waals surface area contributed by atoms with Crippen LogP contribution in [0.2, 0.25) is 0 Å². The van der Waals surface area contributed by atoms with E-state index in [-0.39, 0.29) is 32.6 Å². The Bertz CT molecular complexity index is 1910. The first-order valence-electron chi connectivity index (χ1n) is 29.3. The third-order valence-electron chi connectivity index (χ3n) is 11.3. The van der Waals surface area contributed by atoms with Crippen molar-refractivity contribution in [1.82, 2.24) is 0 Å². The highest BCUT2D eigenvalue weighted by molar-refractivity contribution is 7.47. The van der Waals surface area contributed by atoms with Crippen molar-refractivity contribution < 1.29 is 37.6 Å². The fraction of sp³-hybridized carbons (Fsp3) is 0.522. The van der Waals surface area contributed by atoms with Crippen molar-refractivity contribution in [3.8, 4) is 0 Å². The fourth-order valence-electron chi connectivity index (χ4n) is 7.04. The molecule has 2 atom stereocenters. The molecule has 0 heterocycles. The van der Waals surface area contributed by atoms with Crippen LogP contribution in [-0.2, 0) is 32.7 Å². The Balaban J connectivity index is 4.17. The van der Waals surface area contributed by atoms with E-state index in [0.717, 1.165) is 135 Å². The summed E-state index contributed by atoms with van der Waals surface area (Å²) in [5, 5.41) is 0. The molecule has 0 saturated heterocycles. The lowest BCUT2D eigenvalue weighted by atomic mass is 10.1. The maximum atomic E-state index is 12.7. The van der Waals surface area contributed by atoms with Crippen LogP contribution in [0.3, 0.4) is 0 Å². The Morgan fingerprint density at radius 3 is 1.03 bits per heavy atom. The zero-order chi connectivity index (χ0) is 55.9. The second-order valence-electron chi connectivity index (χ2n) is 18.4. The lowest BCUT2D eigenvalue weighted by Gasteiger charge is -2.19. The van der Waals surface area contributed by atoms with Crippen LogP contribution in [0.4, 0.5) is 0 Å². The van der Waals surface area contributed by atoms with E-state index in [1.165, 1.54) is 19.3 Å². The minimum Gasteiger partial charge on any atom is -0.462 e. The van der Waals surface area contributed by atoms with Gasteiger partial charge in [0.05, 0.1) is 13.2 Å². The number of allylic oxidation sites excluding steroid dienone is 30. The highest BCUT2D eigenvalue weighted by Gasteiger charge is 2.26. The van der Waals surface area contributed by atoms with Crippen LogP contribution in [0.25, 0.3) is 0 Å². The molecular formula is C67H104NO8P. The third-order valence-corrected chi connectivity index (χ3v) is 12.3. The number of ether oxygens (including phenoxy) is 2. The van der Waals surface area contributed by atoms with Crippen LogP contribution in [0.15, 0.2) is 182 Å². The minimum absolute atomic E-state index is 0.0333. The highest BCUT2D eigenvalue weighted by Crippen LogP contribution is 2.43. The smallest absolute Gasteiger partial charge is 0.462 e. The number of hydrogen-bond acceptors (Lipinski definition) is 8. The van der Waals surface area contributed by atoms with Crippen LogP contribution >= 0.6 is 7.82 Å². The molecule has 0 bridgehead atoms. The molecule has 0 amide bonds. The molecule has 0 aromatic heterocycles. The van der Waals surface area contributed by atoms with Gasteiger partial charge in [-0.25, -0.2) is 4.57 Å². The molecule has 0 rings (SSSR count). The van der Waals surface area contributed by atoms with Gasteiger partial charge in [0.15, 0.2) is 6.10 Å². The summed E-state index contributed by atoms with van der Waals surface area (Å²) in [6, 6.07) is 0. The zero-order valence-electron chi connectivity index (χ0n) is 47.9. The van der Waals surface area contributed by atoms with Gasteiger partial charge in [0.25, 0.3) is 0 Å². The van der Waals surface area contributed by atoms with Gasteiger partial charge < -0.3 is 20.1 Å². The minimum atomic E-state index is -4.42. The molecular weight excluding hydrogens is 978 g/mol. The molecule has 9 nitrogen and oxygen atoms in total. The molecule has 0 aliphatic heterocycles. The van der Waals surface area contributed by atoms with Gasteiger partial charge in [0, 0.05) is 19.4 Å². The normalized spacial score (nSPS) is 14.4. The summed E-state index contributed by atoms with van der Waals surface area (Å²) < 4.78 is 33.0. The zero-order valence-corrected chi connectivity index (χ0v) is 48.7. The highest BCUT2D eigenvalue weighted by atomic mass is 31.2. The number of unbranched alkanes of at least 4 members (excludes halogenated alkanes) is 9. The summed E-state index contributed by atoms with van der Waals surface area (Å²) in [5.74, 6) is -0.909. The molecule has 10 heteroatoms. The van der Waals surface area contributed by atoms with E-state index in [9.17, 15) is 19.0 Å². The van der Waals surface area contributed by atoms with Crippen LogP contribution in [-0.4, -0.2) is 49.3 Å². The van der Waals surface area contributed by atoms with Gasteiger partial charge >= 0.3 is 19.8 Å². The summed E-state index contributed by atoms with van der Waals surface area (Å²) in [6.07, 6.45) is 90.9. The van der Waals surface area contributed by atoms with Crippen LogP contribution in [0, 0.1) is 0 Å². The first kappa shape index (κ1) is 72.1. The van der Waals surface area contributed by atoms with E-state index in [0.29, 0.717) is 12.8 Å². The Morgan fingerprint density at radius 1 is 0.390 bits per heavy atom. The Kier molecular flexibility index (Phi) is 56.5. The maximum Gasteiger partial charge on any atom is 0.472 e. The van der Waals surface area contributed by atoms with E-state index in [2.05, 4.69) is 196 Å². The first-order chi connectivity index (χ1) is 37.8. The van der Waals surface area contributed by atoms with E-state index < -0.39 is 32.5 Å². The number of carbonyl (C=O) groups excluding carboxylic acids is 2. The summed E-state index contributed by atoms with van der Waals surface area (Å²) >= 11 is 0. The Hall–Kier alpha value is -4.89. The van der Waals surface area contributed by atoms with E-state index in [1.54, 1.807) is 0 Å². The maximum absolute atomic E-state index is 12.7. The largest absolute Gasteiger partial charge is 0.472 e. The molecule has 3 N–H and O–H groups in total. The van der Waals surface area contributed by atoms with Gasteiger partial charge in [-0.3, -0.25) is 18.6 Å². The standard InChI is InChI=1S/C67H104NO8P/c1-3-5-7-9-11-13-15-17-19-21-23-25-27-28-29-30-31-32-33-34-35-36-38-40-42-44-46-48-50-52-54-56-58-60-67(70)76-65(64-75-77(71,72)74-62-61-68)63-73-66(69)59-57-55-53-51-49-47-45-43-41-39-37-26-24-22-20-18-16-14-12-10-8-6-4-2/h5-8,11-14,17-20,23-26,28-29,31-32,34-35,38-41,44,46,50,52,65H,3-4,9-10,15-16,21-22,27,30,33,36-37,42-43,45,47-49,51,53-64,68H2,1-2H3,(H,71,72)/b7-5-,8-6-,13-11-,14-12-,19-17-,20-18-,25-23-,26-24-,29-28-,32-31-,35-34-,40-38-,41-39-,46-44-,52-50-. The second kappa shape index (κ2) is 60.3. The van der Waals surface area contributed by atoms with Crippen LogP contribution < -0.4 is 5.73 Å². The number of nitrogens with two attached hydrogens (primary N) is 1. The molecule has 0 saturated carbocycles. The number of esters is 2. The first-order valence-corrected chi connectivity index (χ1v) is 30.8. The predicted octanol–water partition coefficient (Wildman–Crippen LogP) is 18.8. The molecule has 0 radical (unpaired) electrons. The van der Waals surface area contributed by atoms with Gasteiger partial charge in [-0.1, -0.05) is 228 Å². The second-order valence-corrected chi connectivity index (χ2v) is 19.8. The van der Waals surface area contributed by atoms with Crippen molar-refractivity contribution in [2.75, 3.05) is 26.4 Å². The number of rotatable bonds is 52. The van der Waals surface area contributed by atoms with E-state index in [4.69, 9.17) is 24.3 Å². The van der Waals surface area contributed by atoms with Crippen LogP contribution in [0.5, 0.6) is 0 Å². The van der Waals surface area contributed by atoms with Gasteiger partial charge in [-0.2, -0.15) is 0 Å². The van der Waals surface area contributed by atoms with Gasteiger partial charge in [-0.15, -0.1) is 0 Å². The lowest BCUT2D eigenvalue weighted by molar-refractivity contribution is -0.161. The molecule has 0 fully saturated rings. The molecule has 0 aliphatic carbocycles. The van der Waals surface area contributed by atoms with Gasteiger partial charge in [0.1, 0.15) is 6.61 Å². The van der Waals surface area contributed by atoms with Gasteiger partial charge in [0.2, 0.25) is 0 Å². The predicted molar refractivity (Wildman–Crippen MR) is 329 cm³/mol. The quantitative estimate of drug-likeness (QED) is 0.0264. The monoisotopic (exact) mass is 1080 g/mol. The van der Waals surface area contributed by atoms with Crippen molar-refractivity contribution >= 4 is 19.8 Å². The summed E-state index contributed by atoms with van der Waals surface area (Å²) in [6.45, 7) is 3.42. The van der Waals surface area contributed by atoms with Crippen molar-refractivity contribution in [3.63, 3.8) is 0 Å². The molecule has 430 valence electrons. The lowest BCUT2D eigenvalue weighted by Crippen LogP contribution is -2.29. The molecule has 2 unspecified atom stereocenters. The molecule has 0 aliphatic rings. The number of hydrogen-bond donors (Lipinski definition) is 2. The topological polar surface area (TPSA) is 134 Å². The third kappa shape index (κ3) is 60.2. The van der Waals surface area contributed by atoms with Crippen molar-refractivity contribution in [2.24, 2.45) is 5.73 Å². The van der Waals surface area contributed by atoms with Crippen molar-refractivity contribution in [3.05, 3.63) is 182 Å². The number of carbonyl (C=O) groups is 2. The Morgan fingerprint density at radius 2 is 0.675 bits per heavy atom. The van der Waals surface area contributed by atoms with E-state index >= 15 is 0 Å². The SMILES string of the molecule is CC/C=C\C/C=C\C/C=C\C/C=C\C/C=C\C/C=C\C/C=C\C/C=C\C/C=C\C/C=C\CCCCC(=O)OC(COC(=O)CCCCCCCCC/C=C\C/C=C\C/C=C\C/C=C\C/C=C\CC)COP(=O)(O)OCCN. The number of phosphoric acid groups is 1. The van der Waals surface area contributed by atoms with Gasteiger partial charge in [-0.05, 0) is 135 Å². The molecule has 0 aromatic carbocycles. The van der Waals surface area contributed by atoms with Crippen molar-refractivity contribution in [2.45, 2.75) is 200 Å². The fourth-order valence-corrected chi connectivity index (χ4v) is 7.81. The average molecular weight is 1080 g/mol. The summed E-state index contributed by atoms with van der Waals surface area (Å²) in [5.41, 5.74) is 5.38. The van der Waals surface area contributed by atoms with E-state index in [1.807, 2.05) is 0 Å². The molecule has 77 heavy (non-hydrogen) atoms. The molecule has 0 spiro atoms. The summed E-state index contributed by atoms with van der Waals surface area (Å²) in [4.78, 5) is 35.2.